The Kier molecular flexibility index (Phi) is 3.26. The van der Waals surface area contributed by atoms with Crippen molar-refractivity contribution in [2.24, 2.45) is 5.41 Å². The monoisotopic (exact) mass is 213 g/mol. The molecule has 2 aliphatic rings. The van der Waals surface area contributed by atoms with Crippen molar-refractivity contribution >= 4 is 5.91 Å². The highest BCUT2D eigenvalue weighted by molar-refractivity contribution is 5.76. The Balaban J connectivity index is 1.63. The molecule has 4 heteroatoms. The standard InChI is InChI=1S/C11H19NO3/c1-11(7-14-8-11)6-12-10(13)5-9-3-2-4-15-9/h9H,2-8H2,1H3,(H,12,13). The molecule has 2 saturated heterocycles. The molecule has 0 radical (unpaired) electrons. The minimum absolute atomic E-state index is 0.107. The molecule has 2 heterocycles. The molecular weight excluding hydrogens is 194 g/mol. The maximum Gasteiger partial charge on any atom is 0.222 e. The fraction of sp³-hybridized carbons (Fsp3) is 0.909. The Hall–Kier alpha value is -0.610. The lowest BCUT2D eigenvalue weighted by molar-refractivity contribution is -0.128. The molecule has 2 fully saturated rings. The van der Waals surface area contributed by atoms with Gasteiger partial charge in [-0.3, -0.25) is 4.79 Å². The SMILES string of the molecule is CC1(CNC(=O)CC2CCCO2)COC1. The van der Waals surface area contributed by atoms with Gasteiger partial charge >= 0.3 is 0 Å². The first kappa shape index (κ1) is 10.9. The van der Waals surface area contributed by atoms with Crippen LogP contribution in [-0.2, 0) is 14.3 Å². The minimum atomic E-state index is 0.107. The van der Waals surface area contributed by atoms with E-state index < -0.39 is 0 Å². The van der Waals surface area contributed by atoms with Crippen LogP contribution in [0.15, 0.2) is 0 Å². The van der Waals surface area contributed by atoms with Gasteiger partial charge in [-0.1, -0.05) is 6.92 Å². The average molecular weight is 213 g/mol. The number of hydrogen-bond donors (Lipinski definition) is 1. The predicted octanol–water partition coefficient (Wildman–Crippen LogP) is 0.708. The molecule has 2 rings (SSSR count). The summed E-state index contributed by atoms with van der Waals surface area (Å²) in [5.74, 6) is 0.107. The van der Waals surface area contributed by atoms with Crippen LogP contribution in [0.2, 0.25) is 0 Å². The van der Waals surface area contributed by atoms with E-state index in [4.69, 9.17) is 9.47 Å². The predicted molar refractivity (Wildman–Crippen MR) is 55.5 cm³/mol. The van der Waals surface area contributed by atoms with E-state index in [1.807, 2.05) is 0 Å². The summed E-state index contributed by atoms with van der Waals surface area (Å²) in [5.41, 5.74) is 0.159. The van der Waals surface area contributed by atoms with Crippen molar-refractivity contribution in [3.63, 3.8) is 0 Å². The molecule has 15 heavy (non-hydrogen) atoms. The van der Waals surface area contributed by atoms with E-state index in [9.17, 15) is 4.79 Å². The van der Waals surface area contributed by atoms with E-state index in [0.29, 0.717) is 6.42 Å². The van der Waals surface area contributed by atoms with Gasteiger partial charge in [0.1, 0.15) is 0 Å². The Morgan fingerprint density at radius 3 is 2.87 bits per heavy atom. The summed E-state index contributed by atoms with van der Waals surface area (Å²) < 4.78 is 10.5. The summed E-state index contributed by atoms with van der Waals surface area (Å²) in [6.07, 6.45) is 2.77. The lowest BCUT2D eigenvalue weighted by Gasteiger charge is -2.38. The van der Waals surface area contributed by atoms with Gasteiger partial charge in [0.2, 0.25) is 5.91 Å². The zero-order valence-electron chi connectivity index (χ0n) is 9.25. The molecule has 1 unspecified atom stereocenters. The van der Waals surface area contributed by atoms with Gasteiger partial charge in [0.05, 0.1) is 25.7 Å². The molecule has 0 bridgehead atoms. The highest BCUT2D eigenvalue weighted by atomic mass is 16.5. The van der Waals surface area contributed by atoms with Crippen LogP contribution >= 0.6 is 0 Å². The third-order valence-corrected chi connectivity index (χ3v) is 3.05. The molecule has 1 N–H and O–H groups in total. The van der Waals surface area contributed by atoms with Crippen LogP contribution in [0.25, 0.3) is 0 Å². The number of carbonyl (C=O) groups excluding carboxylic acids is 1. The van der Waals surface area contributed by atoms with Gasteiger partial charge in [-0.2, -0.15) is 0 Å². The van der Waals surface area contributed by atoms with Crippen LogP contribution in [0, 0.1) is 5.41 Å². The molecule has 2 aliphatic heterocycles. The Bertz CT molecular complexity index is 232. The van der Waals surface area contributed by atoms with Crippen LogP contribution < -0.4 is 5.32 Å². The lowest BCUT2D eigenvalue weighted by Crippen LogP contribution is -2.48. The Morgan fingerprint density at radius 1 is 1.53 bits per heavy atom. The van der Waals surface area contributed by atoms with E-state index in [-0.39, 0.29) is 17.4 Å². The van der Waals surface area contributed by atoms with Crippen molar-refractivity contribution in [2.45, 2.75) is 32.3 Å². The van der Waals surface area contributed by atoms with E-state index >= 15 is 0 Å². The molecule has 0 aromatic rings. The fourth-order valence-corrected chi connectivity index (χ4v) is 1.95. The number of carbonyl (C=O) groups is 1. The summed E-state index contributed by atoms with van der Waals surface area (Å²) >= 11 is 0. The summed E-state index contributed by atoms with van der Waals surface area (Å²) in [6.45, 7) is 5.17. The molecule has 1 atom stereocenters. The summed E-state index contributed by atoms with van der Waals surface area (Å²) in [7, 11) is 0. The van der Waals surface area contributed by atoms with Gasteiger partial charge in [-0.15, -0.1) is 0 Å². The van der Waals surface area contributed by atoms with Crippen molar-refractivity contribution in [2.75, 3.05) is 26.4 Å². The first-order chi connectivity index (χ1) is 7.18. The van der Waals surface area contributed by atoms with Crippen LogP contribution in [0.1, 0.15) is 26.2 Å². The second-order valence-electron chi connectivity index (χ2n) is 4.92. The Labute approximate surface area is 90.3 Å². The third-order valence-electron chi connectivity index (χ3n) is 3.05. The summed E-state index contributed by atoms with van der Waals surface area (Å²) in [5, 5.41) is 2.95. The van der Waals surface area contributed by atoms with Crippen molar-refractivity contribution in [3.05, 3.63) is 0 Å². The molecule has 0 spiro atoms. The number of amides is 1. The third kappa shape index (κ3) is 2.92. The zero-order chi connectivity index (χ0) is 10.7. The van der Waals surface area contributed by atoms with Crippen LogP contribution in [-0.4, -0.2) is 38.4 Å². The van der Waals surface area contributed by atoms with Gasteiger partial charge in [0.25, 0.3) is 0 Å². The van der Waals surface area contributed by atoms with Crippen LogP contribution in [0.3, 0.4) is 0 Å². The quantitative estimate of drug-likeness (QED) is 0.748. The topological polar surface area (TPSA) is 47.6 Å². The fourth-order valence-electron chi connectivity index (χ4n) is 1.95. The van der Waals surface area contributed by atoms with Gasteiger partial charge in [-0.25, -0.2) is 0 Å². The molecule has 1 amide bonds. The van der Waals surface area contributed by atoms with Crippen molar-refractivity contribution in [1.82, 2.24) is 5.32 Å². The van der Waals surface area contributed by atoms with E-state index in [1.54, 1.807) is 0 Å². The molecule has 86 valence electrons. The van der Waals surface area contributed by atoms with Crippen LogP contribution in [0.5, 0.6) is 0 Å². The number of rotatable bonds is 4. The Morgan fingerprint density at radius 2 is 2.33 bits per heavy atom. The minimum Gasteiger partial charge on any atom is -0.380 e. The van der Waals surface area contributed by atoms with Crippen molar-refractivity contribution < 1.29 is 14.3 Å². The molecular formula is C11H19NO3. The number of ether oxygens (including phenoxy) is 2. The zero-order valence-corrected chi connectivity index (χ0v) is 9.25. The molecule has 0 aliphatic carbocycles. The highest BCUT2D eigenvalue weighted by Crippen LogP contribution is 2.25. The van der Waals surface area contributed by atoms with Crippen LogP contribution in [0.4, 0.5) is 0 Å². The van der Waals surface area contributed by atoms with Crippen molar-refractivity contribution in [1.29, 1.82) is 0 Å². The second kappa shape index (κ2) is 4.49. The van der Waals surface area contributed by atoms with Gasteiger partial charge in [0, 0.05) is 18.6 Å². The maximum atomic E-state index is 11.6. The second-order valence-corrected chi connectivity index (χ2v) is 4.92. The van der Waals surface area contributed by atoms with E-state index in [1.165, 1.54) is 0 Å². The van der Waals surface area contributed by atoms with Gasteiger partial charge in [-0.05, 0) is 12.8 Å². The van der Waals surface area contributed by atoms with Gasteiger partial charge < -0.3 is 14.8 Å². The average Bonchev–Trinajstić information content (AvgIpc) is 2.64. The normalized spacial score (nSPS) is 28.5. The summed E-state index contributed by atoms with van der Waals surface area (Å²) in [6, 6.07) is 0. The largest absolute Gasteiger partial charge is 0.380 e. The van der Waals surface area contributed by atoms with Crippen molar-refractivity contribution in [3.8, 4) is 0 Å². The van der Waals surface area contributed by atoms with E-state index in [2.05, 4.69) is 12.2 Å². The van der Waals surface area contributed by atoms with Gasteiger partial charge in [0.15, 0.2) is 0 Å². The number of hydrogen-bond acceptors (Lipinski definition) is 3. The van der Waals surface area contributed by atoms with E-state index in [0.717, 1.165) is 39.2 Å². The summed E-state index contributed by atoms with van der Waals surface area (Å²) in [4.78, 5) is 11.6. The molecule has 4 nitrogen and oxygen atoms in total. The smallest absolute Gasteiger partial charge is 0.222 e. The number of nitrogens with one attached hydrogen (secondary N) is 1. The first-order valence-corrected chi connectivity index (χ1v) is 5.64. The lowest BCUT2D eigenvalue weighted by atomic mass is 9.89. The molecule has 0 saturated carbocycles. The highest BCUT2D eigenvalue weighted by Gasteiger charge is 2.33. The maximum absolute atomic E-state index is 11.6. The molecule has 0 aromatic carbocycles. The first-order valence-electron chi connectivity index (χ1n) is 5.64. The molecule has 0 aromatic heterocycles.